The lowest BCUT2D eigenvalue weighted by molar-refractivity contribution is -0.119. The van der Waals surface area contributed by atoms with Gasteiger partial charge in [-0.25, -0.2) is 4.39 Å². The standard InChI is InChI=1S/C15H16BrFN2O2/c16-12-2-1-10(17)7-11(12)14(21)19-5-3-15(4-6-19)8-13(20)18-9-15/h1-2,7H,3-6,8-9H2,(H,18,20). The number of benzene rings is 1. The maximum Gasteiger partial charge on any atom is 0.255 e. The number of amides is 2. The number of nitrogens with zero attached hydrogens (tertiary/aromatic N) is 1. The molecule has 2 aliphatic rings. The van der Waals surface area contributed by atoms with Crippen molar-refractivity contribution in [1.82, 2.24) is 10.2 Å². The molecular formula is C15H16BrFN2O2. The van der Waals surface area contributed by atoms with Crippen LogP contribution in [0.1, 0.15) is 29.6 Å². The monoisotopic (exact) mass is 354 g/mol. The van der Waals surface area contributed by atoms with Gasteiger partial charge < -0.3 is 10.2 Å². The molecule has 0 radical (unpaired) electrons. The van der Waals surface area contributed by atoms with E-state index in [1.165, 1.54) is 12.1 Å². The first-order chi connectivity index (χ1) is 9.99. The number of rotatable bonds is 1. The molecule has 6 heteroatoms. The molecule has 0 unspecified atom stereocenters. The third-order valence-corrected chi connectivity index (χ3v) is 5.16. The van der Waals surface area contributed by atoms with Crippen molar-refractivity contribution in [2.75, 3.05) is 19.6 Å². The fraction of sp³-hybridized carbons (Fsp3) is 0.467. The first-order valence-corrected chi connectivity index (χ1v) is 7.79. The number of nitrogens with one attached hydrogen (secondary N) is 1. The molecule has 112 valence electrons. The number of carbonyl (C=O) groups excluding carboxylic acids is 2. The van der Waals surface area contributed by atoms with Crippen LogP contribution in [0.2, 0.25) is 0 Å². The molecule has 0 atom stereocenters. The van der Waals surface area contributed by atoms with Crippen LogP contribution in [0.5, 0.6) is 0 Å². The van der Waals surface area contributed by atoms with E-state index < -0.39 is 5.82 Å². The van der Waals surface area contributed by atoms with Crippen molar-refractivity contribution in [2.45, 2.75) is 19.3 Å². The Hall–Kier alpha value is -1.43. The second-order valence-corrected chi connectivity index (χ2v) is 6.72. The molecule has 0 aliphatic carbocycles. The van der Waals surface area contributed by atoms with E-state index in [1.54, 1.807) is 11.0 Å². The zero-order valence-corrected chi connectivity index (χ0v) is 13.1. The maximum absolute atomic E-state index is 13.3. The minimum atomic E-state index is -0.416. The molecule has 0 aromatic heterocycles. The van der Waals surface area contributed by atoms with Gasteiger partial charge in [0.2, 0.25) is 5.91 Å². The molecule has 1 aromatic carbocycles. The highest BCUT2D eigenvalue weighted by molar-refractivity contribution is 9.10. The Morgan fingerprint density at radius 3 is 2.67 bits per heavy atom. The van der Waals surface area contributed by atoms with Crippen molar-refractivity contribution in [2.24, 2.45) is 5.41 Å². The van der Waals surface area contributed by atoms with Gasteiger partial charge >= 0.3 is 0 Å². The first-order valence-electron chi connectivity index (χ1n) is 7.00. The largest absolute Gasteiger partial charge is 0.356 e. The summed E-state index contributed by atoms with van der Waals surface area (Å²) < 4.78 is 13.9. The normalized spacial score (nSPS) is 20.7. The molecular weight excluding hydrogens is 339 g/mol. The van der Waals surface area contributed by atoms with E-state index in [9.17, 15) is 14.0 Å². The molecule has 4 nitrogen and oxygen atoms in total. The van der Waals surface area contributed by atoms with Gasteiger partial charge in [0.25, 0.3) is 5.91 Å². The van der Waals surface area contributed by atoms with Gasteiger partial charge in [-0.1, -0.05) is 0 Å². The molecule has 2 heterocycles. The van der Waals surface area contributed by atoms with E-state index in [0.717, 1.165) is 12.8 Å². The van der Waals surface area contributed by atoms with Gasteiger partial charge in [-0.2, -0.15) is 0 Å². The third-order valence-electron chi connectivity index (χ3n) is 4.47. The van der Waals surface area contributed by atoms with Crippen LogP contribution in [0.4, 0.5) is 4.39 Å². The van der Waals surface area contributed by atoms with Gasteiger partial charge in [-0.15, -0.1) is 0 Å². The second-order valence-electron chi connectivity index (χ2n) is 5.87. The average molecular weight is 355 g/mol. The van der Waals surface area contributed by atoms with E-state index in [1.807, 2.05) is 0 Å². The van der Waals surface area contributed by atoms with Gasteiger partial charge in [0.1, 0.15) is 5.82 Å². The number of likely N-dealkylation sites (tertiary alicyclic amines) is 1. The van der Waals surface area contributed by atoms with Gasteiger partial charge in [0.15, 0.2) is 0 Å². The molecule has 0 saturated carbocycles. The molecule has 21 heavy (non-hydrogen) atoms. The molecule has 1 N–H and O–H groups in total. The highest BCUT2D eigenvalue weighted by Gasteiger charge is 2.41. The van der Waals surface area contributed by atoms with Crippen LogP contribution >= 0.6 is 15.9 Å². The summed E-state index contributed by atoms with van der Waals surface area (Å²) in [5, 5.41) is 2.87. The topological polar surface area (TPSA) is 49.4 Å². The van der Waals surface area contributed by atoms with Crippen LogP contribution in [0.15, 0.2) is 22.7 Å². The fourth-order valence-electron chi connectivity index (χ4n) is 3.12. The molecule has 0 bridgehead atoms. The summed E-state index contributed by atoms with van der Waals surface area (Å²) in [5.74, 6) is -0.475. The zero-order chi connectivity index (χ0) is 15.0. The summed E-state index contributed by atoms with van der Waals surface area (Å²) >= 11 is 3.30. The van der Waals surface area contributed by atoms with Crippen molar-refractivity contribution in [3.8, 4) is 0 Å². The van der Waals surface area contributed by atoms with Crippen molar-refractivity contribution >= 4 is 27.7 Å². The van der Waals surface area contributed by atoms with Crippen molar-refractivity contribution in [3.05, 3.63) is 34.1 Å². The van der Waals surface area contributed by atoms with Crippen molar-refractivity contribution in [1.29, 1.82) is 0 Å². The van der Waals surface area contributed by atoms with E-state index >= 15 is 0 Å². The molecule has 2 aliphatic heterocycles. The average Bonchev–Trinajstić information content (AvgIpc) is 2.83. The SMILES string of the molecule is O=C1CC2(CCN(C(=O)c3cc(F)ccc3Br)CC2)CN1. The second kappa shape index (κ2) is 5.40. The number of hydrogen-bond donors (Lipinski definition) is 1. The summed E-state index contributed by atoms with van der Waals surface area (Å²) in [7, 11) is 0. The zero-order valence-electron chi connectivity index (χ0n) is 11.5. The van der Waals surface area contributed by atoms with Crippen LogP contribution in [-0.2, 0) is 4.79 Å². The Balaban J connectivity index is 1.70. The molecule has 2 saturated heterocycles. The first kappa shape index (κ1) is 14.5. The summed E-state index contributed by atoms with van der Waals surface area (Å²) in [6, 6.07) is 4.13. The maximum atomic E-state index is 13.3. The highest BCUT2D eigenvalue weighted by atomic mass is 79.9. The van der Waals surface area contributed by atoms with E-state index in [4.69, 9.17) is 0 Å². The minimum absolute atomic E-state index is 0.00698. The Kier molecular flexibility index (Phi) is 3.73. The molecule has 2 amide bonds. The Morgan fingerprint density at radius 2 is 2.05 bits per heavy atom. The molecule has 1 spiro atoms. The van der Waals surface area contributed by atoms with Crippen molar-refractivity contribution in [3.63, 3.8) is 0 Å². The van der Waals surface area contributed by atoms with Gasteiger partial charge in [0, 0.05) is 30.5 Å². The van der Waals surface area contributed by atoms with Crippen LogP contribution in [-0.4, -0.2) is 36.3 Å². The lowest BCUT2D eigenvalue weighted by Crippen LogP contribution is -2.44. The van der Waals surface area contributed by atoms with E-state index in [0.29, 0.717) is 36.1 Å². The van der Waals surface area contributed by atoms with Gasteiger partial charge in [-0.3, -0.25) is 9.59 Å². The summed E-state index contributed by atoms with van der Waals surface area (Å²) in [4.78, 5) is 25.6. The third kappa shape index (κ3) is 2.81. The quantitative estimate of drug-likeness (QED) is 0.841. The van der Waals surface area contributed by atoms with Crippen LogP contribution in [0, 0.1) is 11.2 Å². The van der Waals surface area contributed by atoms with E-state index in [2.05, 4.69) is 21.2 Å². The Morgan fingerprint density at radius 1 is 1.33 bits per heavy atom. The summed E-state index contributed by atoms with van der Waals surface area (Å²) in [6.07, 6.45) is 2.17. The van der Waals surface area contributed by atoms with Crippen LogP contribution in [0.3, 0.4) is 0 Å². The molecule has 2 fully saturated rings. The van der Waals surface area contributed by atoms with Gasteiger partial charge in [-0.05, 0) is 52.4 Å². The van der Waals surface area contributed by atoms with Gasteiger partial charge in [0.05, 0.1) is 5.56 Å². The lowest BCUT2D eigenvalue weighted by Gasteiger charge is -2.38. The van der Waals surface area contributed by atoms with Crippen LogP contribution in [0.25, 0.3) is 0 Å². The predicted molar refractivity (Wildman–Crippen MR) is 79.3 cm³/mol. The number of halogens is 2. The fourth-order valence-corrected chi connectivity index (χ4v) is 3.54. The minimum Gasteiger partial charge on any atom is -0.356 e. The highest BCUT2D eigenvalue weighted by Crippen LogP contribution is 2.38. The Labute approximate surface area is 130 Å². The van der Waals surface area contributed by atoms with E-state index in [-0.39, 0.29) is 17.2 Å². The van der Waals surface area contributed by atoms with Crippen LogP contribution < -0.4 is 5.32 Å². The van der Waals surface area contributed by atoms with Crippen molar-refractivity contribution < 1.29 is 14.0 Å². The smallest absolute Gasteiger partial charge is 0.255 e. The Bertz CT molecular complexity index is 597. The number of piperidine rings is 1. The lowest BCUT2D eigenvalue weighted by atomic mass is 9.77. The predicted octanol–water partition coefficient (Wildman–Crippen LogP) is 2.33. The summed E-state index contributed by atoms with van der Waals surface area (Å²) in [5.41, 5.74) is 0.360. The summed E-state index contributed by atoms with van der Waals surface area (Å²) in [6.45, 7) is 1.92. The molecule has 3 rings (SSSR count). The number of hydrogen-bond acceptors (Lipinski definition) is 2. The molecule has 1 aromatic rings. The number of carbonyl (C=O) groups is 2.